The Kier molecular flexibility index (Phi) is 4.74. The van der Waals surface area contributed by atoms with Crippen LogP contribution in [0.15, 0.2) is 47.2 Å². The van der Waals surface area contributed by atoms with Gasteiger partial charge in [0, 0.05) is 23.4 Å². The SMILES string of the molecule is CC(C)Cc1cc(CNC(=O)c2cccc(-c3cn[nH]c3)c2)on1. The van der Waals surface area contributed by atoms with E-state index in [9.17, 15) is 4.79 Å². The number of hydrogen-bond donors (Lipinski definition) is 2. The molecule has 0 saturated carbocycles. The Morgan fingerprint density at radius 2 is 2.17 bits per heavy atom. The smallest absolute Gasteiger partial charge is 0.251 e. The van der Waals surface area contributed by atoms with Crippen LogP contribution in [0.1, 0.15) is 35.7 Å². The van der Waals surface area contributed by atoms with E-state index in [1.54, 1.807) is 18.5 Å². The van der Waals surface area contributed by atoms with Crippen LogP contribution in [0.4, 0.5) is 0 Å². The number of benzene rings is 1. The second-order valence-electron chi connectivity index (χ2n) is 6.13. The van der Waals surface area contributed by atoms with Crippen molar-refractivity contribution in [3.8, 4) is 11.1 Å². The van der Waals surface area contributed by atoms with E-state index in [1.807, 2.05) is 24.3 Å². The van der Waals surface area contributed by atoms with Gasteiger partial charge in [-0.25, -0.2) is 0 Å². The van der Waals surface area contributed by atoms with Gasteiger partial charge in [-0.3, -0.25) is 9.89 Å². The summed E-state index contributed by atoms with van der Waals surface area (Å²) >= 11 is 0. The molecule has 2 aromatic heterocycles. The van der Waals surface area contributed by atoms with Gasteiger partial charge >= 0.3 is 0 Å². The minimum absolute atomic E-state index is 0.151. The van der Waals surface area contributed by atoms with Gasteiger partial charge in [0.25, 0.3) is 5.91 Å². The Hall–Kier alpha value is -2.89. The van der Waals surface area contributed by atoms with E-state index < -0.39 is 0 Å². The van der Waals surface area contributed by atoms with Crippen LogP contribution in [-0.2, 0) is 13.0 Å². The molecule has 0 radical (unpaired) electrons. The fourth-order valence-corrected chi connectivity index (χ4v) is 2.47. The summed E-state index contributed by atoms with van der Waals surface area (Å²) in [5.74, 6) is 1.02. The van der Waals surface area contributed by atoms with Crippen molar-refractivity contribution in [2.75, 3.05) is 0 Å². The van der Waals surface area contributed by atoms with Gasteiger partial charge in [-0.15, -0.1) is 0 Å². The van der Waals surface area contributed by atoms with E-state index in [0.717, 1.165) is 23.2 Å². The second-order valence-corrected chi connectivity index (χ2v) is 6.13. The van der Waals surface area contributed by atoms with E-state index in [0.29, 0.717) is 23.8 Å². The van der Waals surface area contributed by atoms with Crippen LogP contribution in [0.5, 0.6) is 0 Å². The monoisotopic (exact) mass is 324 g/mol. The lowest BCUT2D eigenvalue weighted by Gasteiger charge is -2.04. The molecule has 0 aliphatic carbocycles. The molecule has 0 bridgehead atoms. The van der Waals surface area contributed by atoms with E-state index in [4.69, 9.17) is 4.52 Å². The minimum Gasteiger partial charge on any atom is -0.359 e. The molecular weight excluding hydrogens is 304 g/mol. The molecule has 124 valence electrons. The van der Waals surface area contributed by atoms with Gasteiger partial charge in [-0.1, -0.05) is 31.1 Å². The predicted molar refractivity (Wildman–Crippen MR) is 90.2 cm³/mol. The molecule has 0 aliphatic heterocycles. The van der Waals surface area contributed by atoms with E-state index in [1.165, 1.54) is 0 Å². The Balaban J connectivity index is 1.63. The molecule has 3 rings (SSSR count). The van der Waals surface area contributed by atoms with Crippen molar-refractivity contribution >= 4 is 5.91 Å². The molecular formula is C18H20N4O2. The van der Waals surface area contributed by atoms with Gasteiger partial charge in [-0.2, -0.15) is 5.10 Å². The lowest BCUT2D eigenvalue weighted by molar-refractivity contribution is 0.0947. The molecule has 6 nitrogen and oxygen atoms in total. The number of nitrogens with one attached hydrogen (secondary N) is 2. The van der Waals surface area contributed by atoms with Crippen molar-refractivity contribution in [2.45, 2.75) is 26.8 Å². The van der Waals surface area contributed by atoms with Crippen molar-refractivity contribution in [1.82, 2.24) is 20.7 Å². The Labute approximate surface area is 140 Å². The standard InChI is InChI=1S/C18H20N4O2/c1-12(2)6-16-8-17(24-22-16)11-19-18(23)14-5-3-4-13(7-14)15-9-20-21-10-15/h3-5,7-10,12H,6,11H2,1-2H3,(H,19,23)(H,20,21). The summed E-state index contributed by atoms with van der Waals surface area (Å²) in [6.07, 6.45) is 4.38. The summed E-state index contributed by atoms with van der Waals surface area (Å²) < 4.78 is 5.26. The minimum atomic E-state index is -0.151. The van der Waals surface area contributed by atoms with Crippen LogP contribution in [-0.4, -0.2) is 21.3 Å². The lowest BCUT2D eigenvalue weighted by atomic mass is 10.1. The van der Waals surface area contributed by atoms with Crippen molar-refractivity contribution in [3.63, 3.8) is 0 Å². The summed E-state index contributed by atoms with van der Waals surface area (Å²) in [7, 11) is 0. The van der Waals surface area contributed by atoms with Crippen LogP contribution in [0, 0.1) is 5.92 Å². The second kappa shape index (κ2) is 7.12. The maximum Gasteiger partial charge on any atom is 0.251 e. The van der Waals surface area contributed by atoms with Crippen LogP contribution in [0.2, 0.25) is 0 Å². The quantitative estimate of drug-likeness (QED) is 0.729. The first kappa shape index (κ1) is 16.0. The summed E-state index contributed by atoms with van der Waals surface area (Å²) in [6, 6.07) is 9.30. The number of aromatic nitrogens is 3. The van der Waals surface area contributed by atoms with Crippen LogP contribution >= 0.6 is 0 Å². The zero-order chi connectivity index (χ0) is 16.9. The van der Waals surface area contributed by atoms with Crippen LogP contribution in [0.25, 0.3) is 11.1 Å². The van der Waals surface area contributed by atoms with Crippen molar-refractivity contribution in [2.24, 2.45) is 5.92 Å². The lowest BCUT2D eigenvalue weighted by Crippen LogP contribution is -2.22. The number of rotatable bonds is 6. The van der Waals surface area contributed by atoms with Gasteiger partial charge in [0.1, 0.15) is 0 Å². The highest BCUT2D eigenvalue weighted by Crippen LogP contribution is 2.19. The molecule has 0 atom stereocenters. The largest absolute Gasteiger partial charge is 0.359 e. The normalized spacial score (nSPS) is 11.0. The maximum absolute atomic E-state index is 12.3. The van der Waals surface area contributed by atoms with Crippen molar-refractivity contribution in [1.29, 1.82) is 0 Å². The fraction of sp³-hybridized carbons (Fsp3) is 0.278. The Morgan fingerprint density at radius 1 is 1.29 bits per heavy atom. The third-order valence-electron chi connectivity index (χ3n) is 3.60. The summed E-state index contributed by atoms with van der Waals surface area (Å²) in [4.78, 5) is 12.3. The van der Waals surface area contributed by atoms with Gasteiger partial charge in [-0.05, 0) is 30.0 Å². The number of nitrogens with zero attached hydrogens (tertiary/aromatic N) is 2. The third kappa shape index (κ3) is 3.90. The highest BCUT2D eigenvalue weighted by molar-refractivity contribution is 5.95. The zero-order valence-electron chi connectivity index (χ0n) is 13.7. The molecule has 3 aromatic rings. The van der Waals surface area contributed by atoms with Gasteiger partial charge in [0.2, 0.25) is 0 Å². The van der Waals surface area contributed by atoms with E-state index >= 15 is 0 Å². The summed E-state index contributed by atoms with van der Waals surface area (Å²) in [5, 5.41) is 13.6. The summed E-state index contributed by atoms with van der Waals surface area (Å²) in [6.45, 7) is 4.58. The highest BCUT2D eigenvalue weighted by atomic mass is 16.5. The number of aromatic amines is 1. The number of carbonyl (C=O) groups excluding carboxylic acids is 1. The molecule has 0 spiro atoms. The van der Waals surface area contributed by atoms with Gasteiger partial charge in [0.15, 0.2) is 5.76 Å². The molecule has 2 N–H and O–H groups in total. The summed E-state index contributed by atoms with van der Waals surface area (Å²) in [5.41, 5.74) is 3.39. The molecule has 0 saturated heterocycles. The molecule has 0 unspecified atom stereocenters. The van der Waals surface area contributed by atoms with Gasteiger partial charge < -0.3 is 9.84 Å². The molecule has 6 heteroatoms. The predicted octanol–water partition coefficient (Wildman–Crippen LogP) is 3.19. The van der Waals surface area contributed by atoms with E-state index in [2.05, 4.69) is 34.5 Å². The van der Waals surface area contributed by atoms with Crippen molar-refractivity contribution < 1.29 is 9.32 Å². The molecule has 1 amide bonds. The number of carbonyl (C=O) groups is 1. The first-order valence-electron chi connectivity index (χ1n) is 7.93. The molecule has 1 aromatic carbocycles. The Bertz CT molecular complexity index is 806. The molecule has 2 heterocycles. The van der Waals surface area contributed by atoms with Gasteiger partial charge in [0.05, 0.1) is 18.4 Å². The Morgan fingerprint density at radius 3 is 2.92 bits per heavy atom. The zero-order valence-corrected chi connectivity index (χ0v) is 13.7. The van der Waals surface area contributed by atoms with Crippen LogP contribution in [0.3, 0.4) is 0 Å². The average molecular weight is 324 g/mol. The number of amides is 1. The number of H-pyrrole nitrogens is 1. The molecule has 24 heavy (non-hydrogen) atoms. The number of hydrogen-bond acceptors (Lipinski definition) is 4. The molecule has 0 fully saturated rings. The van der Waals surface area contributed by atoms with Crippen LogP contribution < -0.4 is 5.32 Å². The first-order valence-corrected chi connectivity index (χ1v) is 7.93. The third-order valence-corrected chi connectivity index (χ3v) is 3.60. The molecule has 0 aliphatic rings. The van der Waals surface area contributed by atoms with E-state index in [-0.39, 0.29) is 5.91 Å². The highest BCUT2D eigenvalue weighted by Gasteiger charge is 2.10. The fourth-order valence-electron chi connectivity index (χ4n) is 2.47. The topological polar surface area (TPSA) is 83.8 Å². The maximum atomic E-state index is 12.3. The van der Waals surface area contributed by atoms with Crippen molar-refractivity contribution in [3.05, 3.63) is 59.7 Å². The first-order chi connectivity index (χ1) is 11.6. The average Bonchev–Trinajstić information content (AvgIpc) is 3.24.